The van der Waals surface area contributed by atoms with E-state index < -0.39 is 12.2 Å². The van der Waals surface area contributed by atoms with Gasteiger partial charge in [-0.25, -0.2) is 0 Å². The first kappa shape index (κ1) is 28.5. The molecule has 1 saturated heterocycles. The summed E-state index contributed by atoms with van der Waals surface area (Å²) in [6, 6.07) is 0. The summed E-state index contributed by atoms with van der Waals surface area (Å²) < 4.78 is 35.1. The van der Waals surface area contributed by atoms with Crippen LogP contribution >= 0.6 is 0 Å². The van der Waals surface area contributed by atoms with E-state index in [-0.39, 0.29) is 24.9 Å². The summed E-state index contributed by atoms with van der Waals surface area (Å²) in [6.45, 7) is 9.39. The second kappa shape index (κ2) is 19.0. The Morgan fingerprint density at radius 1 is 0.839 bits per heavy atom. The predicted octanol–water partition coefficient (Wildman–Crippen LogP) is 3.52. The Hall–Kier alpha value is -0.540. The van der Waals surface area contributed by atoms with E-state index in [1.54, 1.807) is 7.11 Å². The third kappa shape index (κ3) is 11.8. The fourth-order valence-electron chi connectivity index (χ4n) is 3.77. The number of aliphatic hydroxyl groups is 1. The van der Waals surface area contributed by atoms with Gasteiger partial charge in [0, 0.05) is 13.7 Å². The van der Waals surface area contributed by atoms with Crippen molar-refractivity contribution in [3.63, 3.8) is 0 Å². The van der Waals surface area contributed by atoms with Crippen LogP contribution < -0.4 is 0 Å². The Kier molecular flexibility index (Phi) is 17.4. The van der Waals surface area contributed by atoms with Gasteiger partial charge in [0.05, 0.1) is 45.7 Å². The molecule has 0 saturated carbocycles. The summed E-state index contributed by atoms with van der Waals surface area (Å²) in [5.41, 5.74) is 0. The quantitative estimate of drug-likeness (QED) is 0.240. The SMILES string of the molecule is C/C=C\CCOCCOC1C(OCCOCCCCCCC)C(OC)C(CO)O[C@H]1C. The second-order valence-corrected chi connectivity index (χ2v) is 7.93. The average molecular weight is 447 g/mol. The van der Waals surface area contributed by atoms with Gasteiger partial charge in [-0.15, -0.1) is 0 Å². The van der Waals surface area contributed by atoms with Gasteiger partial charge >= 0.3 is 0 Å². The minimum atomic E-state index is -0.443. The van der Waals surface area contributed by atoms with Gasteiger partial charge in [0.25, 0.3) is 0 Å². The van der Waals surface area contributed by atoms with Crippen molar-refractivity contribution in [2.75, 3.05) is 53.4 Å². The number of allylic oxidation sites excluding steroid dienone is 1. The van der Waals surface area contributed by atoms with Crippen LogP contribution in [-0.2, 0) is 28.4 Å². The third-order valence-electron chi connectivity index (χ3n) is 5.45. The number of rotatable bonds is 19. The molecule has 0 spiro atoms. The van der Waals surface area contributed by atoms with Crippen LogP contribution in [0.15, 0.2) is 12.2 Å². The second-order valence-electron chi connectivity index (χ2n) is 7.93. The molecular formula is C24H46O7. The summed E-state index contributed by atoms with van der Waals surface area (Å²) in [6.07, 6.45) is 9.37. The third-order valence-corrected chi connectivity index (χ3v) is 5.45. The lowest BCUT2D eigenvalue weighted by atomic mass is 9.95. The highest BCUT2D eigenvalue weighted by Gasteiger charge is 2.45. The Labute approximate surface area is 189 Å². The van der Waals surface area contributed by atoms with Crippen molar-refractivity contribution in [2.45, 2.75) is 89.8 Å². The highest BCUT2D eigenvalue weighted by atomic mass is 16.6. The smallest absolute Gasteiger partial charge is 0.115 e. The van der Waals surface area contributed by atoms with E-state index in [4.69, 9.17) is 28.4 Å². The van der Waals surface area contributed by atoms with Gasteiger partial charge in [-0.3, -0.25) is 0 Å². The Bertz CT molecular complexity index is 432. The van der Waals surface area contributed by atoms with Gasteiger partial charge < -0.3 is 33.5 Å². The minimum Gasteiger partial charge on any atom is -0.394 e. The van der Waals surface area contributed by atoms with Gasteiger partial charge in [-0.1, -0.05) is 44.8 Å². The molecular weight excluding hydrogens is 400 g/mol. The maximum Gasteiger partial charge on any atom is 0.115 e. The molecule has 0 aromatic rings. The topological polar surface area (TPSA) is 75.6 Å². The molecule has 1 aliphatic rings. The lowest BCUT2D eigenvalue weighted by Crippen LogP contribution is -2.60. The van der Waals surface area contributed by atoms with E-state index in [0.29, 0.717) is 33.0 Å². The average Bonchev–Trinajstić information content (AvgIpc) is 2.78. The summed E-state index contributed by atoms with van der Waals surface area (Å²) in [4.78, 5) is 0. The first-order valence-corrected chi connectivity index (χ1v) is 12.0. The summed E-state index contributed by atoms with van der Waals surface area (Å²) in [7, 11) is 1.61. The van der Waals surface area contributed by atoms with Crippen LogP contribution in [0.25, 0.3) is 0 Å². The number of unbranched alkanes of at least 4 members (excludes halogenated alkanes) is 4. The molecule has 0 aliphatic carbocycles. The maximum atomic E-state index is 9.71. The van der Waals surface area contributed by atoms with Crippen molar-refractivity contribution in [3.05, 3.63) is 12.2 Å². The fourth-order valence-corrected chi connectivity index (χ4v) is 3.77. The number of aliphatic hydroxyl groups excluding tert-OH is 1. The molecule has 1 aliphatic heterocycles. The molecule has 0 radical (unpaired) electrons. The summed E-state index contributed by atoms with van der Waals surface area (Å²) >= 11 is 0. The molecule has 1 fully saturated rings. The molecule has 1 N–H and O–H groups in total. The van der Waals surface area contributed by atoms with Crippen molar-refractivity contribution >= 4 is 0 Å². The van der Waals surface area contributed by atoms with Crippen molar-refractivity contribution in [1.82, 2.24) is 0 Å². The van der Waals surface area contributed by atoms with Gasteiger partial charge in [0.1, 0.15) is 24.4 Å². The standard InChI is InChI=1S/C24H46O7/c1-5-7-9-10-12-14-28-16-18-30-24-22(29-17-15-27-13-11-8-6-2)20(3)31-21(19-25)23(24)26-4/h6,8,20-25H,5,7,9-19H2,1-4H3/b8-6-/t20-,21?,22?,23?,24?/m0/s1. The Balaban J connectivity index is 2.43. The first-order valence-electron chi connectivity index (χ1n) is 12.0. The van der Waals surface area contributed by atoms with Crippen LogP contribution in [0.4, 0.5) is 0 Å². The molecule has 0 amide bonds. The largest absolute Gasteiger partial charge is 0.394 e. The molecule has 0 bridgehead atoms. The lowest BCUT2D eigenvalue weighted by molar-refractivity contribution is -0.257. The molecule has 7 heteroatoms. The fraction of sp³-hybridized carbons (Fsp3) is 0.917. The van der Waals surface area contributed by atoms with E-state index in [1.165, 1.54) is 25.7 Å². The van der Waals surface area contributed by atoms with Gasteiger partial charge in [0.15, 0.2) is 0 Å². The van der Waals surface area contributed by atoms with E-state index in [2.05, 4.69) is 13.0 Å². The van der Waals surface area contributed by atoms with Crippen LogP contribution in [0.2, 0.25) is 0 Å². The molecule has 1 rings (SSSR count). The number of hydrogen-bond donors (Lipinski definition) is 1. The zero-order valence-corrected chi connectivity index (χ0v) is 20.1. The number of ether oxygens (including phenoxy) is 6. The molecule has 0 aromatic carbocycles. The van der Waals surface area contributed by atoms with Gasteiger partial charge in [-0.05, 0) is 26.7 Å². The van der Waals surface area contributed by atoms with Crippen LogP contribution in [-0.4, -0.2) is 89.0 Å². The predicted molar refractivity (Wildman–Crippen MR) is 122 cm³/mol. The Morgan fingerprint density at radius 3 is 2.16 bits per heavy atom. The molecule has 4 unspecified atom stereocenters. The highest BCUT2D eigenvalue weighted by Crippen LogP contribution is 2.27. The minimum absolute atomic E-state index is 0.127. The summed E-state index contributed by atoms with van der Waals surface area (Å²) in [5.74, 6) is 0. The first-order chi connectivity index (χ1) is 15.2. The molecule has 1 heterocycles. The summed E-state index contributed by atoms with van der Waals surface area (Å²) in [5, 5.41) is 9.71. The highest BCUT2D eigenvalue weighted by molar-refractivity contribution is 4.93. The monoisotopic (exact) mass is 446 g/mol. The molecule has 0 aromatic heterocycles. The van der Waals surface area contributed by atoms with E-state index in [0.717, 1.165) is 19.4 Å². The molecule has 31 heavy (non-hydrogen) atoms. The Morgan fingerprint density at radius 2 is 1.52 bits per heavy atom. The zero-order valence-electron chi connectivity index (χ0n) is 20.1. The van der Waals surface area contributed by atoms with Crippen molar-refractivity contribution < 1.29 is 33.5 Å². The van der Waals surface area contributed by atoms with Crippen molar-refractivity contribution in [1.29, 1.82) is 0 Å². The molecule has 5 atom stereocenters. The molecule has 184 valence electrons. The number of hydrogen-bond acceptors (Lipinski definition) is 7. The van der Waals surface area contributed by atoms with Crippen LogP contribution in [0.3, 0.4) is 0 Å². The zero-order chi connectivity index (χ0) is 22.7. The molecule has 7 nitrogen and oxygen atoms in total. The lowest BCUT2D eigenvalue weighted by Gasteiger charge is -2.44. The van der Waals surface area contributed by atoms with Gasteiger partial charge in [-0.2, -0.15) is 0 Å². The van der Waals surface area contributed by atoms with Crippen molar-refractivity contribution in [3.8, 4) is 0 Å². The van der Waals surface area contributed by atoms with E-state index >= 15 is 0 Å². The van der Waals surface area contributed by atoms with Crippen LogP contribution in [0.5, 0.6) is 0 Å². The van der Waals surface area contributed by atoms with Gasteiger partial charge in [0.2, 0.25) is 0 Å². The van der Waals surface area contributed by atoms with Crippen molar-refractivity contribution in [2.24, 2.45) is 0 Å². The van der Waals surface area contributed by atoms with E-state index in [1.807, 2.05) is 19.9 Å². The number of methoxy groups -OCH3 is 1. The normalized spacial score (nSPS) is 26.7. The maximum absolute atomic E-state index is 9.71. The van der Waals surface area contributed by atoms with E-state index in [9.17, 15) is 5.11 Å². The van der Waals surface area contributed by atoms with Crippen LogP contribution in [0, 0.1) is 0 Å². The van der Waals surface area contributed by atoms with Crippen LogP contribution in [0.1, 0.15) is 59.3 Å².